The van der Waals surface area contributed by atoms with Gasteiger partial charge in [-0.15, -0.1) is 0 Å². The summed E-state index contributed by atoms with van der Waals surface area (Å²) in [6.07, 6.45) is -6.88. The molecule has 1 rings (SSSR count). The lowest BCUT2D eigenvalue weighted by atomic mass is 9.98. The number of esters is 1. The van der Waals surface area contributed by atoms with E-state index in [4.69, 9.17) is 4.74 Å². The van der Waals surface area contributed by atoms with Crippen molar-refractivity contribution in [3.05, 3.63) is 24.3 Å². The molecule has 0 fully saturated rings. The largest absolute Gasteiger partial charge is 0.497 e. The summed E-state index contributed by atoms with van der Waals surface area (Å²) in [5.74, 6) is -2.75. The Labute approximate surface area is 130 Å². The van der Waals surface area contributed by atoms with Crippen molar-refractivity contribution in [3.8, 4) is 5.75 Å². The maximum Gasteiger partial charge on any atom is 0.428 e. The second-order valence-electron chi connectivity index (χ2n) is 4.54. The van der Waals surface area contributed by atoms with Gasteiger partial charge in [0.2, 0.25) is 5.91 Å². The molecular formula is C14H16F3NO5. The molecule has 0 spiro atoms. The Morgan fingerprint density at radius 2 is 1.96 bits per heavy atom. The van der Waals surface area contributed by atoms with E-state index in [0.29, 0.717) is 5.75 Å². The molecule has 9 heteroatoms. The summed E-state index contributed by atoms with van der Waals surface area (Å²) >= 11 is 0. The number of nitrogens with one attached hydrogen (secondary N) is 1. The molecule has 23 heavy (non-hydrogen) atoms. The van der Waals surface area contributed by atoms with E-state index in [1.165, 1.54) is 32.2 Å². The number of hydrogen-bond donors (Lipinski definition) is 2. The Morgan fingerprint density at radius 1 is 1.30 bits per heavy atom. The van der Waals surface area contributed by atoms with E-state index in [-0.39, 0.29) is 12.3 Å². The Morgan fingerprint density at radius 3 is 2.48 bits per heavy atom. The lowest BCUT2D eigenvalue weighted by molar-refractivity contribution is -0.262. The predicted molar refractivity (Wildman–Crippen MR) is 73.9 cm³/mol. The van der Waals surface area contributed by atoms with Crippen molar-refractivity contribution in [2.45, 2.75) is 25.1 Å². The summed E-state index contributed by atoms with van der Waals surface area (Å²) in [4.78, 5) is 23.2. The van der Waals surface area contributed by atoms with Crippen molar-refractivity contribution in [3.63, 3.8) is 0 Å². The zero-order valence-corrected chi connectivity index (χ0v) is 12.4. The maximum absolute atomic E-state index is 12.9. The second-order valence-corrected chi connectivity index (χ2v) is 4.54. The highest BCUT2D eigenvalue weighted by Crippen LogP contribution is 2.34. The topological polar surface area (TPSA) is 84.9 Å². The number of benzene rings is 1. The smallest absolute Gasteiger partial charge is 0.428 e. The van der Waals surface area contributed by atoms with E-state index in [2.05, 4.69) is 10.1 Å². The molecule has 0 aliphatic rings. The third-order valence-corrected chi connectivity index (χ3v) is 2.85. The van der Waals surface area contributed by atoms with Crippen LogP contribution in [0.4, 0.5) is 18.9 Å². The van der Waals surface area contributed by atoms with Crippen LogP contribution in [0, 0.1) is 0 Å². The number of hydrogen-bond acceptors (Lipinski definition) is 5. The lowest BCUT2D eigenvalue weighted by Gasteiger charge is -2.27. The minimum atomic E-state index is -5.36. The van der Waals surface area contributed by atoms with Gasteiger partial charge in [-0.25, -0.2) is 4.79 Å². The van der Waals surface area contributed by atoms with Crippen LogP contribution in [-0.4, -0.2) is 42.5 Å². The van der Waals surface area contributed by atoms with Crippen LogP contribution in [0.25, 0.3) is 0 Å². The fourth-order valence-corrected chi connectivity index (χ4v) is 1.68. The number of aliphatic hydroxyl groups is 1. The van der Waals surface area contributed by atoms with Crippen LogP contribution in [0.3, 0.4) is 0 Å². The summed E-state index contributed by atoms with van der Waals surface area (Å²) in [5, 5.41) is 11.8. The molecule has 1 atom stereocenters. The molecule has 1 unspecified atom stereocenters. The number of alkyl halides is 3. The third kappa shape index (κ3) is 4.59. The summed E-state index contributed by atoms with van der Waals surface area (Å²) in [6.45, 7) is 0.916. The van der Waals surface area contributed by atoms with Crippen LogP contribution in [0.2, 0.25) is 0 Å². The second kappa shape index (κ2) is 7.32. The molecule has 0 saturated carbocycles. The summed E-state index contributed by atoms with van der Waals surface area (Å²) in [5.41, 5.74) is -3.76. The maximum atomic E-state index is 12.9. The fourth-order valence-electron chi connectivity index (χ4n) is 1.68. The first kappa shape index (κ1) is 18.8. The quantitative estimate of drug-likeness (QED) is 0.776. The number of methoxy groups -OCH3 is 1. The van der Waals surface area contributed by atoms with Gasteiger partial charge in [-0.1, -0.05) is 6.07 Å². The third-order valence-electron chi connectivity index (χ3n) is 2.85. The Kier molecular flexibility index (Phi) is 5.97. The van der Waals surface area contributed by atoms with Crippen LogP contribution >= 0.6 is 0 Å². The molecule has 0 aliphatic heterocycles. The Balaban J connectivity index is 2.91. The normalized spacial score (nSPS) is 13.8. The summed E-state index contributed by atoms with van der Waals surface area (Å²) in [7, 11) is 1.38. The van der Waals surface area contributed by atoms with Crippen molar-refractivity contribution >= 4 is 17.6 Å². The van der Waals surface area contributed by atoms with Crippen molar-refractivity contribution < 1.29 is 37.3 Å². The van der Waals surface area contributed by atoms with Crippen LogP contribution in [0.1, 0.15) is 13.3 Å². The monoisotopic (exact) mass is 335 g/mol. The zero-order chi connectivity index (χ0) is 17.7. The average Bonchev–Trinajstić information content (AvgIpc) is 2.46. The number of amides is 1. The first-order valence-electron chi connectivity index (χ1n) is 6.54. The molecule has 2 N–H and O–H groups in total. The number of carbonyl (C=O) groups excluding carboxylic acids is 2. The molecule has 6 nitrogen and oxygen atoms in total. The van der Waals surface area contributed by atoms with Gasteiger partial charge < -0.3 is 19.9 Å². The zero-order valence-electron chi connectivity index (χ0n) is 12.4. The van der Waals surface area contributed by atoms with Gasteiger partial charge in [0.25, 0.3) is 5.60 Å². The standard InChI is InChI=1S/C14H16F3NO5/c1-3-23-12(20)13(21,14(15,16)17)8-11(19)18-9-5-4-6-10(7-9)22-2/h4-7,21H,3,8H2,1-2H3,(H,18,19). The van der Waals surface area contributed by atoms with Crippen molar-refractivity contribution in [1.29, 1.82) is 0 Å². The fraction of sp³-hybridized carbons (Fsp3) is 0.429. The van der Waals surface area contributed by atoms with E-state index in [0.717, 1.165) is 0 Å². The van der Waals surface area contributed by atoms with Crippen LogP contribution < -0.4 is 10.1 Å². The van der Waals surface area contributed by atoms with E-state index >= 15 is 0 Å². The number of halogens is 3. The van der Waals surface area contributed by atoms with Crippen molar-refractivity contribution in [1.82, 2.24) is 0 Å². The van der Waals surface area contributed by atoms with Gasteiger partial charge in [0.1, 0.15) is 5.75 Å². The molecule has 0 aliphatic carbocycles. The van der Waals surface area contributed by atoms with Gasteiger partial charge >= 0.3 is 12.1 Å². The average molecular weight is 335 g/mol. The van der Waals surface area contributed by atoms with E-state index in [9.17, 15) is 27.9 Å². The highest BCUT2D eigenvalue weighted by Gasteiger charge is 2.61. The van der Waals surface area contributed by atoms with Gasteiger partial charge in [-0.05, 0) is 19.1 Å². The van der Waals surface area contributed by atoms with Crippen LogP contribution in [-0.2, 0) is 14.3 Å². The minimum Gasteiger partial charge on any atom is -0.497 e. The molecule has 0 saturated heterocycles. The first-order valence-corrected chi connectivity index (χ1v) is 6.54. The number of carbonyl (C=O) groups is 2. The van der Waals surface area contributed by atoms with Gasteiger partial charge in [-0.2, -0.15) is 13.2 Å². The van der Waals surface area contributed by atoms with Crippen LogP contribution in [0.5, 0.6) is 5.75 Å². The Hall–Kier alpha value is -2.29. The molecule has 1 aromatic rings. The van der Waals surface area contributed by atoms with Crippen LogP contribution in [0.15, 0.2) is 24.3 Å². The molecule has 1 amide bonds. The predicted octanol–water partition coefficient (Wildman–Crippen LogP) is 1.88. The highest BCUT2D eigenvalue weighted by atomic mass is 19.4. The number of ether oxygens (including phenoxy) is 2. The van der Waals surface area contributed by atoms with E-state index in [1.54, 1.807) is 6.07 Å². The lowest BCUT2D eigenvalue weighted by Crippen LogP contribution is -2.54. The number of anilines is 1. The minimum absolute atomic E-state index is 0.155. The molecule has 0 heterocycles. The molecule has 1 aromatic carbocycles. The van der Waals surface area contributed by atoms with Gasteiger partial charge in [0.05, 0.1) is 20.1 Å². The molecular weight excluding hydrogens is 319 g/mol. The molecule has 0 aromatic heterocycles. The van der Waals surface area contributed by atoms with Crippen molar-refractivity contribution in [2.75, 3.05) is 19.0 Å². The van der Waals surface area contributed by atoms with Gasteiger partial charge in [-0.3, -0.25) is 4.79 Å². The Bertz CT molecular complexity index is 576. The molecule has 128 valence electrons. The summed E-state index contributed by atoms with van der Waals surface area (Å²) in [6, 6.07) is 5.86. The van der Waals surface area contributed by atoms with E-state index < -0.39 is 30.1 Å². The van der Waals surface area contributed by atoms with E-state index in [1.807, 2.05) is 0 Å². The summed E-state index contributed by atoms with van der Waals surface area (Å²) < 4.78 is 48.0. The highest BCUT2D eigenvalue weighted by molar-refractivity contribution is 5.96. The molecule has 0 radical (unpaired) electrons. The van der Waals surface area contributed by atoms with Gasteiger partial charge in [0.15, 0.2) is 0 Å². The SMILES string of the molecule is CCOC(=O)C(O)(CC(=O)Nc1cccc(OC)c1)C(F)(F)F. The first-order chi connectivity index (χ1) is 10.6. The van der Waals surface area contributed by atoms with Gasteiger partial charge in [0, 0.05) is 11.8 Å². The van der Waals surface area contributed by atoms with Crippen molar-refractivity contribution in [2.24, 2.45) is 0 Å². The number of rotatable bonds is 6. The molecule has 0 bridgehead atoms.